The molecule has 0 aliphatic carbocycles. The minimum absolute atomic E-state index is 0.308. The molecule has 1 aromatic heterocycles. The van der Waals surface area contributed by atoms with E-state index in [0.717, 1.165) is 24.4 Å². The average Bonchev–Trinajstić information content (AvgIpc) is 2.56. The molecule has 0 aliphatic heterocycles. The highest BCUT2D eigenvalue weighted by molar-refractivity contribution is 5.07. The Morgan fingerprint density at radius 1 is 1.57 bits per heavy atom. The number of methoxy groups -OCH3 is 1. The van der Waals surface area contributed by atoms with Crippen LogP contribution in [0.15, 0.2) is 0 Å². The first-order valence-corrected chi connectivity index (χ1v) is 4.80. The van der Waals surface area contributed by atoms with E-state index in [1.54, 1.807) is 7.11 Å². The van der Waals surface area contributed by atoms with Gasteiger partial charge >= 0.3 is 0 Å². The molecule has 0 amide bonds. The maximum atomic E-state index is 5.52. The van der Waals surface area contributed by atoms with Gasteiger partial charge in [-0.05, 0) is 20.3 Å². The number of rotatable bonds is 5. The van der Waals surface area contributed by atoms with Gasteiger partial charge in [0.2, 0.25) is 0 Å². The predicted molar refractivity (Wildman–Crippen MR) is 53.9 cm³/mol. The van der Waals surface area contributed by atoms with Crippen molar-refractivity contribution in [3.05, 3.63) is 11.4 Å². The van der Waals surface area contributed by atoms with Crippen LogP contribution in [-0.4, -0.2) is 28.7 Å². The Morgan fingerprint density at radius 2 is 2.29 bits per heavy atom. The smallest absolute Gasteiger partial charge is 0.0991 e. The molecule has 0 aromatic carbocycles. The Hall–Kier alpha value is -0.940. The number of nitrogens with two attached hydrogens (primary N) is 1. The zero-order valence-corrected chi connectivity index (χ0v) is 9.03. The molecule has 0 aliphatic rings. The van der Waals surface area contributed by atoms with E-state index in [2.05, 4.69) is 17.2 Å². The third-order valence-electron chi connectivity index (χ3n) is 2.37. The van der Waals surface area contributed by atoms with Gasteiger partial charge in [0.15, 0.2) is 0 Å². The van der Waals surface area contributed by atoms with Gasteiger partial charge in [0.05, 0.1) is 17.4 Å². The molecule has 0 saturated carbocycles. The molecule has 1 aromatic rings. The molecule has 80 valence electrons. The monoisotopic (exact) mass is 198 g/mol. The molecule has 5 nitrogen and oxygen atoms in total. The van der Waals surface area contributed by atoms with Gasteiger partial charge in [-0.1, -0.05) is 5.21 Å². The van der Waals surface area contributed by atoms with Crippen molar-refractivity contribution in [2.24, 2.45) is 5.73 Å². The summed E-state index contributed by atoms with van der Waals surface area (Å²) in [5.74, 6) is 0. The standard InChI is InChI=1S/C9H18N4O/c1-7(4-5-14-3)13-8(2)9(6-10)11-12-13/h7H,4-6,10H2,1-3H3. The van der Waals surface area contributed by atoms with Gasteiger partial charge in [-0.2, -0.15) is 0 Å². The average molecular weight is 198 g/mol. The summed E-state index contributed by atoms with van der Waals surface area (Å²) < 4.78 is 6.92. The molecule has 0 radical (unpaired) electrons. The van der Waals surface area contributed by atoms with Crippen molar-refractivity contribution in [3.8, 4) is 0 Å². The van der Waals surface area contributed by atoms with Gasteiger partial charge in [0, 0.05) is 20.3 Å². The number of ether oxygens (including phenoxy) is 1. The van der Waals surface area contributed by atoms with Crippen LogP contribution in [0.5, 0.6) is 0 Å². The Kier molecular flexibility index (Phi) is 4.03. The summed E-state index contributed by atoms with van der Waals surface area (Å²) in [6, 6.07) is 0.308. The summed E-state index contributed by atoms with van der Waals surface area (Å²) in [6.07, 6.45) is 0.935. The van der Waals surface area contributed by atoms with Crippen LogP contribution in [0.1, 0.15) is 30.8 Å². The van der Waals surface area contributed by atoms with Gasteiger partial charge in [0.25, 0.3) is 0 Å². The minimum atomic E-state index is 0.308. The fourth-order valence-corrected chi connectivity index (χ4v) is 1.39. The highest BCUT2D eigenvalue weighted by Gasteiger charge is 2.12. The Bertz CT molecular complexity index is 284. The van der Waals surface area contributed by atoms with Gasteiger partial charge in [0.1, 0.15) is 0 Å². The number of aromatic nitrogens is 3. The second kappa shape index (κ2) is 5.07. The SMILES string of the molecule is COCCC(C)n1nnc(CN)c1C. The van der Waals surface area contributed by atoms with E-state index < -0.39 is 0 Å². The molecule has 0 bridgehead atoms. The van der Waals surface area contributed by atoms with E-state index in [1.165, 1.54) is 0 Å². The van der Waals surface area contributed by atoms with Crippen LogP contribution in [0.4, 0.5) is 0 Å². The molecular formula is C9H18N4O. The van der Waals surface area contributed by atoms with Gasteiger partial charge in [-0.15, -0.1) is 5.10 Å². The Morgan fingerprint density at radius 3 is 2.79 bits per heavy atom. The lowest BCUT2D eigenvalue weighted by Gasteiger charge is -2.12. The molecule has 14 heavy (non-hydrogen) atoms. The molecule has 1 rings (SSSR count). The molecule has 0 fully saturated rings. The van der Waals surface area contributed by atoms with Crippen molar-refractivity contribution < 1.29 is 4.74 Å². The first-order chi connectivity index (χ1) is 6.70. The summed E-state index contributed by atoms with van der Waals surface area (Å²) in [5.41, 5.74) is 7.45. The predicted octanol–water partition coefficient (Wildman–Crippen LogP) is 0.643. The first kappa shape index (κ1) is 11.1. The number of hydrogen-bond donors (Lipinski definition) is 1. The first-order valence-electron chi connectivity index (χ1n) is 4.80. The quantitative estimate of drug-likeness (QED) is 0.754. The second-order valence-corrected chi connectivity index (χ2v) is 3.40. The Labute approximate surface area is 84.2 Å². The van der Waals surface area contributed by atoms with Crippen LogP contribution in [-0.2, 0) is 11.3 Å². The maximum Gasteiger partial charge on any atom is 0.0991 e. The number of nitrogens with zero attached hydrogens (tertiary/aromatic N) is 3. The zero-order valence-electron chi connectivity index (χ0n) is 9.03. The van der Waals surface area contributed by atoms with E-state index >= 15 is 0 Å². The fraction of sp³-hybridized carbons (Fsp3) is 0.778. The molecule has 5 heteroatoms. The van der Waals surface area contributed by atoms with Gasteiger partial charge < -0.3 is 10.5 Å². The van der Waals surface area contributed by atoms with Crippen LogP contribution >= 0.6 is 0 Å². The molecule has 1 heterocycles. The van der Waals surface area contributed by atoms with Crippen LogP contribution in [0, 0.1) is 6.92 Å². The van der Waals surface area contributed by atoms with Crippen LogP contribution in [0.25, 0.3) is 0 Å². The third-order valence-corrected chi connectivity index (χ3v) is 2.37. The van der Waals surface area contributed by atoms with Crippen molar-refractivity contribution in [1.29, 1.82) is 0 Å². The normalized spacial score (nSPS) is 13.1. The van der Waals surface area contributed by atoms with Crippen LogP contribution < -0.4 is 5.73 Å². The molecule has 0 saturated heterocycles. The van der Waals surface area contributed by atoms with Crippen molar-refractivity contribution in [2.45, 2.75) is 32.9 Å². The lowest BCUT2D eigenvalue weighted by molar-refractivity contribution is 0.178. The van der Waals surface area contributed by atoms with E-state index in [9.17, 15) is 0 Å². The van der Waals surface area contributed by atoms with Crippen molar-refractivity contribution in [3.63, 3.8) is 0 Å². The van der Waals surface area contributed by atoms with E-state index in [-0.39, 0.29) is 0 Å². The maximum absolute atomic E-state index is 5.52. The second-order valence-electron chi connectivity index (χ2n) is 3.40. The lowest BCUT2D eigenvalue weighted by Crippen LogP contribution is -2.11. The van der Waals surface area contributed by atoms with Crippen molar-refractivity contribution in [1.82, 2.24) is 15.0 Å². The zero-order chi connectivity index (χ0) is 10.6. The minimum Gasteiger partial charge on any atom is -0.385 e. The van der Waals surface area contributed by atoms with Gasteiger partial charge in [-0.25, -0.2) is 4.68 Å². The van der Waals surface area contributed by atoms with Crippen LogP contribution in [0.2, 0.25) is 0 Å². The topological polar surface area (TPSA) is 66.0 Å². The highest BCUT2D eigenvalue weighted by Crippen LogP contribution is 2.13. The van der Waals surface area contributed by atoms with Crippen molar-refractivity contribution in [2.75, 3.05) is 13.7 Å². The fourth-order valence-electron chi connectivity index (χ4n) is 1.39. The Balaban J connectivity index is 2.69. The molecular weight excluding hydrogens is 180 g/mol. The third kappa shape index (κ3) is 2.30. The highest BCUT2D eigenvalue weighted by atomic mass is 16.5. The summed E-state index contributed by atoms with van der Waals surface area (Å²) in [4.78, 5) is 0. The van der Waals surface area contributed by atoms with E-state index in [4.69, 9.17) is 10.5 Å². The summed E-state index contributed by atoms with van der Waals surface area (Å²) in [7, 11) is 1.70. The lowest BCUT2D eigenvalue weighted by atomic mass is 10.2. The van der Waals surface area contributed by atoms with Gasteiger partial charge in [-0.3, -0.25) is 0 Å². The summed E-state index contributed by atoms with van der Waals surface area (Å²) in [6.45, 7) is 5.27. The molecule has 0 spiro atoms. The summed E-state index contributed by atoms with van der Waals surface area (Å²) >= 11 is 0. The molecule has 1 atom stereocenters. The van der Waals surface area contributed by atoms with E-state index in [0.29, 0.717) is 12.6 Å². The summed E-state index contributed by atoms with van der Waals surface area (Å²) in [5, 5.41) is 8.08. The molecule has 1 unspecified atom stereocenters. The number of hydrogen-bond acceptors (Lipinski definition) is 4. The van der Waals surface area contributed by atoms with Crippen molar-refractivity contribution >= 4 is 0 Å². The molecule has 2 N–H and O–H groups in total. The van der Waals surface area contributed by atoms with E-state index in [1.807, 2.05) is 11.6 Å². The van der Waals surface area contributed by atoms with Crippen LogP contribution in [0.3, 0.4) is 0 Å². The largest absolute Gasteiger partial charge is 0.385 e.